The van der Waals surface area contributed by atoms with Gasteiger partial charge >= 0.3 is 0 Å². The van der Waals surface area contributed by atoms with E-state index in [0.29, 0.717) is 34.5 Å². The number of H-pyrrole nitrogens is 1. The minimum atomic E-state index is -0.129. The Bertz CT molecular complexity index is 1220. The monoisotopic (exact) mass is 482 g/mol. The maximum Gasteiger partial charge on any atom is 0.255 e. The van der Waals surface area contributed by atoms with Gasteiger partial charge in [0.2, 0.25) is 5.88 Å². The molecule has 1 aliphatic carbocycles. The number of aromatic amines is 1. The van der Waals surface area contributed by atoms with Crippen LogP contribution in [0.15, 0.2) is 35.3 Å². The summed E-state index contributed by atoms with van der Waals surface area (Å²) in [4.78, 5) is 22.0. The lowest BCUT2D eigenvalue weighted by atomic mass is 9.81. The van der Waals surface area contributed by atoms with Crippen molar-refractivity contribution in [2.75, 3.05) is 19.4 Å². The van der Waals surface area contributed by atoms with Gasteiger partial charge in [0.15, 0.2) is 0 Å². The molecule has 34 heavy (non-hydrogen) atoms. The maximum atomic E-state index is 12.4. The molecule has 1 unspecified atom stereocenters. The zero-order chi connectivity index (χ0) is 24.4. The Balaban J connectivity index is 1.55. The van der Waals surface area contributed by atoms with Crippen molar-refractivity contribution in [3.8, 4) is 5.88 Å². The Labute approximate surface area is 206 Å². The van der Waals surface area contributed by atoms with Gasteiger partial charge < -0.3 is 19.9 Å². The van der Waals surface area contributed by atoms with E-state index in [-0.39, 0.29) is 12.2 Å². The lowest BCUT2D eigenvalue weighted by molar-refractivity contribution is 0.186. The Kier molecular flexibility index (Phi) is 7.48. The van der Waals surface area contributed by atoms with Crippen LogP contribution in [0.1, 0.15) is 49.4 Å². The smallest absolute Gasteiger partial charge is 0.255 e. The van der Waals surface area contributed by atoms with E-state index in [1.54, 1.807) is 6.20 Å². The van der Waals surface area contributed by atoms with Crippen LogP contribution < -0.4 is 15.6 Å². The number of aromatic nitrogens is 2. The van der Waals surface area contributed by atoms with E-state index in [1.807, 2.05) is 38.1 Å². The number of halogens is 1. The highest BCUT2D eigenvalue weighted by Crippen LogP contribution is 2.35. The third-order valence-corrected chi connectivity index (χ3v) is 7.44. The van der Waals surface area contributed by atoms with Gasteiger partial charge in [-0.2, -0.15) is 0 Å². The molecule has 2 heterocycles. The quantitative estimate of drug-likeness (QED) is 0.452. The molecule has 0 saturated heterocycles. The zero-order valence-corrected chi connectivity index (χ0v) is 21.5. The van der Waals surface area contributed by atoms with E-state index in [2.05, 4.69) is 41.2 Å². The van der Waals surface area contributed by atoms with Crippen LogP contribution in [-0.2, 0) is 6.61 Å². The SMILES string of the molecule is Cc1cc(C)c(COc2nccc3c(NC(C)C4CCC(N(C)C)CC4)cc(Cl)cc23)c(=O)[nH]1. The van der Waals surface area contributed by atoms with Crippen molar-refractivity contribution in [3.63, 3.8) is 0 Å². The number of nitrogens with zero attached hydrogens (tertiary/aromatic N) is 2. The highest BCUT2D eigenvalue weighted by Gasteiger charge is 2.26. The van der Waals surface area contributed by atoms with Gasteiger partial charge in [0.1, 0.15) is 6.61 Å². The number of ether oxygens (including phenoxy) is 1. The average molecular weight is 483 g/mol. The van der Waals surface area contributed by atoms with Crippen molar-refractivity contribution in [1.82, 2.24) is 14.9 Å². The molecule has 2 aromatic heterocycles. The average Bonchev–Trinajstić information content (AvgIpc) is 2.78. The van der Waals surface area contributed by atoms with Gasteiger partial charge in [0, 0.05) is 45.5 Å². The molecule has 0 aliphatic heterocycles. The number of nitrogens with one attached hydrogen (secondary N) is 2. The molecule has 0 radical (unpaired) electrons. The molecule has 4 rings (SSSR count). The van der Waals surface area contributed by atoms with Crippen LogP contribution in [0.25, 0.3) is 10.8 Å². The maximum absolute atomic E-state index is 12.4. The van der Waals surface area contributed by atoms with Crippen molar-refractivity contribution in [2.45, 2.75) is 65.1 Å². The van der Waals surface area contributed by atoms with Gasteiger partial charge in [-0.25, -0.2) is 4.98 Å². The molecular formula is C27H35ClN4O2. The van der Waals surface area contributed by atoms with Crippen LogP contribution in [0.2, 0.25) is 5.02 Å². The molecule has 1 aromatic carbocycles. The molecule has 1 atom stereocenters. The van der Waals surface area contributed by atoms with E-state index >= 15 is 0 Å². The summed E-state index contributed by atoms with van der Waals surface area (Å²) >= 11 is 6.52. The van der Waals surface area contributed by atoms with Crippen molar-refractivity contribution in [1.29, 1.82) is 0 Å². The molecule has 0 spiro atoms. The Morgan fingerprint density at radius 1 is 1.18 bits per heavy atom. The standard InChI is InChI=1S/C27H35ClN4O2/c1-16-12-17(2)30-26(33)24(16)15-34-27-23-13-20(28)14-25(22(23)10-11-29-27)31-18(3)19-6-8-21(9-7-19)32(4)5/h10-14,18-19,21,31H,6-9,15H2,1-5H3,(H,30,33). The Morgan fingerprint density at radius 2 is 1.91 bits per heavy atom. The highest BCUT2D eigenvalue weighted by molar-refractivity contribution is 6.32. The first-order valence-electron chi connectivity index (χ1n) is 12.1. The molecule has 0 amide bonds. The van der Waals surface area contributed by atoms with Gasteiger partial charge in [-0.15, -0.1) is 0 Å². The molecule has 1 fully saturated rings. The topological polar surface area (TPSA) is 70.2 Å². The molecule has 1 saturated carbocycles. The van der Waals surface area contributed by atoms with E-state index in [9.17, 15) is 4.79 Å². The first kappa shape index (κ1) is 24.6. The third kappa shape index (κ3) is 5.39. The summed E-state index contributed by atoms with van der Waals surface area (Å²) in [5, 5.41) is 6.20. The summed E-state index contributed by atoms with van der Waals surface area (Å²) in [7, 11) is 4.35. The number of fused-ring (bicyclic) bond motifs is 1. The fourth-order valence-electron chi connectivity index (χ4n) is 5.14. The summed E-state index contributed by atoms with van der Waals surface area (Å²) in [5.74, 6) is 1.10. The fourth-order valence-corrected chi connectivity index (χ4v) is 5.36. The van der Waals surface area contributed by atoms with E-state index in [1.165, 1.54) is 25.7 Å². The number of aryl methyl sites for hydroxylation is 2. The number of anilines is 1. The van der Waals surface area contributed by atoms with E-state index < -0.39 is 0 Å². The van der Waals surface area contributed by atoms with Crippen LogP contribution in [0, 0.1) is 19.8 Å². The lowest BCUT2D eigenvalue weighted by Gasteiger charge is -2.36. The van der Waals surface area contributed by atoms with Gasteiger partial charge in [-0.1, -0.05) is 11.6 Å². The van der Waals surface area contributed by atoms with Crippen LogP contribution >= 0.6 is 11.6 Å². The number of rotatable bonds is 7. The second-order valence-electron chi connectivity index (χ2n) is 9.86. The molecule has 1 aliphatic rings. The molecule has 7 heteroatoms. The molecule has 2 N–H and O–H groups in total. The second-order valence-corrected chi connectivity index (χ2v) is 10.3. The van der Waals surface area contributed by atoms with Crippen molar-refractivity contribution >= 4 is 28.1 Å². The Morgan fingerprint density at radius 3 is 2.59 bits per heavy atom. The van der Waals surface area contributed by atoms with Crippen LogP contribution in [-0.4, -0.2) is 41.0 Å². The number of benzene rings is 1. The highest BCUT2D eigenvalue weighted by atomic mass is 35.5. The summed E-state index contributed by atoms with van der Waals surface area (Å²) in [6.45, 7) is 6.20. The minimum Gasteiger partial charge on any atom is -0.472 e. The summed E-state index contributed by atoms with van der Waals surface area (Å²) < 4.78 is 6.05. The van der Waals surface area contributed by atoms with Gasteiger partial charge in [0.25, 0.3) is 5.56 Å². The molecule has 182 valence electrons. The zero-order valence-electron chi connectivity index (χ0n) is 20.7. The summed E-state index contributed by atoms with van der Waals surface area (Å²) in [6, 6.07) is 8.80. The van der Waals surface area contributed by atoms with E-state index in [0.717, 1.165) is 27.7 Å². The molecule has 3 aromatic rings. The van der Waals surface area contributed by atoms with Crippen LogP contribution in [0.4, 0.5) is 5.69 Å². The van der Waals surface area contributed by atoms with E-state index in [4.69, 9.17) is 16.3 Å². The summed E-state index contributed by atoms with van der Waals surface area (Å²) in [6.07, 6.45) is 6.65. The first-order valence-corrected chi connectivity index (χ1v) is 12.4. The lowest BCUT2D eigenvalue weighted by Crippen LogP contribution is -2.36. The minimum absolute atomic E-state index is 0.129. The largest absolute Gasteiger partial charge is 0.472 e. The van der Waals surface area contributed by atoms with Crippen LogP contribution in [0.5, 0.6) is 5.88 Å². The molecule has 6 nitrogen and oxygen atoms in total. The van der Waals surface area contributed by atoms with Gasteiger partial charge in [0.05, 0.1) is 5.56 Å². The number of hydrogen-bond donors (Lipinski definition) is 2. The molecular weight excluding hydrogens is 448 g/mol. The van der Waals surface area contributed by atoms with Crippen molar-refractivity contribution < 1.29 is 4.74 Å². The summed E-state index contributed by atoms with van der Waals surface area (Å²) in [5.41, 5.74) is 3.20. The Hall–Kier alpha value is -2.57. The predicted octanol–water partition coefficient (Wildman–Crippen LogP) is 5.69. The van der Waals surface area contributed by atoms with Gasteiger partial charge in [-0.3, -0.25) is 4.79 Å². The molecule has 0 bridgehead atoms. The van der Waals surface area contributed by atoms with Crippen molar-refractivity contribution in [3.05, 3.63) is 62.7 Å². The van der Waals surface area contributed by atoms with Crippen molar-refractivity contribution in [2.24, 2.45) is 5.92 Å². The fraction of sp³-hybridized carbons (Fsp3) is 0.481. The normalized spacial score (nSPS) is 19.4. The van der Waals surface area contributed by atoms with Gasteiger partial charge in [-0.05, 0) is 96.3 Å². The number of hydrogen-bond acceptors (Lipinski definition) is 5. The number of pyridine rings is 2. The first-order chi connectivity index (χ1) is 16.2. The third-order valence-electron chi connectivity index (χ3n) is 7.22. The second kappa shape index (κ2) is 10.4. The predicted molar refractivity (Wildman–Crippen MR) is 140 cm³/mol. The van der Waals surface area contributed by atoms with Crippen LogP contribution in [0.3, 0.4) is 0 Å².